The predicted molar refractivity (Wildman–Crippen MR) is 104 cm³/mol. The molecule has 0 atom stereocenters. The van der Waals surface area contributed by atoms with E-state index in [0.29, 0.717) is 5.56 Å². The molecule has 4 rings (SSSR count). The van der Waals surface area contributed by atoms with Gasteiger partial charge in [0.2, 0.25) is 0 Å². The van der Waals surface area contributed by atoms with Crippen molar-refractivity contribution in [2.75, 3.05) is 12.4 Å². The molecule has 6 heteroatoms. The molecule has 1 amide bonds. The first kappa shape index (κ1) is 16.4. The van der Waals surface area contributed by atoms with Gasteiger partial charge in [-0.15, -0.1) is 11.3 Å². The third-order valence-electron chi connectivity index (χ3n) is 4.16. The lowest BCUT2D eigenvalue weighted by molar-refractivity contribution is 0.102. The van der Waals surface area contributed by atoms with Crippen molar-refractivity contribution in [2.24, 2.45) is 0 Å². The number of ether oxygens (including phenoxy) is 1. The van der Waals surface area contributed by atoms with Crippen LogP contribution in [0.1, 0.15) is 16.1 Å². The standard InChI is InChI=1S/C20H17N3O2S/c1-13-12-26-20-22-18(11-23(13)20)15-4-3-5-16(10-15)21-19(24)14-6-8-17(25-2)9-7-14/h3-12H,1-2H3,(H,21,24). The van der Waals surface area contributed by atoms with E-state index in [-0.39, 0.29) is 5.91 Å². The van der Waals surface area contributed by atoms with Crippen LogP contribution in [-0.2, 0) is 0 Å². The van der Waals surface area contributed by atoms with Crippen LogP contribution >= 0.6 is 11.3 Å². The highest BCUT2D eigenvalue weighted by molar-refractivity contribution is 7.15. The van der Waals surface area contributed by atoms with E-state index in [9.17, 15) is 4.79 Å². The Labute approximate surface area is 154 Å². The van der Waals surface area contributed by atoms with E-state index in [2.05, 4.69) is 27.0 Å². The number of thiazole rings is 1. The molecule has 0 spiro atoms. The zero-order chi connectivity index (χ0) is 18.1. The first-order valence-electron chi connectivity index (χ1n) is 8.13. The Bertz CT molecular complexity index is 1080. The third kappa shape index (κ3) is 3.07. The number of nitrogens with zero attached hydrogens (tertiary/aromatic N) is 2. The number of benzene rings is 2. The normalized spacial score (nSPS) is 10.8. The Morgan fingerprint density at radius 3 is 2.73 bits per heavy atom. The van der Waals surface area contributed by atoms with Gasteiger partial charge in [-0.05, 0) is 43.3 Å². The van der Waals surface area contributed by atoms with Gasteiger partial charge >= 0.3 is 0 Å². The van der Waals surface area contributed by atoms with E-state index < -0.39 is 0 Å². The van der Waals surface area contributed by atoms with Gasteiger partial charge in [-0.25, -0.2) is 4.98 Å². The molecule has 0 aliphatic carbocycles. The molecule has 0 unspecified atom stereocenters. The van der Waals surface area contributed by atoms with E-state index >= 15 is 0 Å². The summed E-state index contributed by atoms with van der Waals surface area (Å²) < 4.78 is 7.19. The second-order valence-electron chi connectivity index (χ2n) is 5.92. The van der Waals surface area contributed by atoms with Crippen molar-refractivity contribution in [3.05, 3.63) is 71.4 Å². The van der Waals surface area contributed by atoms with Gasteiger partial charge < -0.3 is 10.1 Å². The number of imidazole rings is 1. The molecule has 130 valence electrons. The number of aromatic nitrogens is 2. The smallest absolute Gasteiger partial charge is 0.255 e. The molecule has 0 saturated carbocycles. The molecule has 0 aliphatic rings. The molecule has 2 heterocycles. The van der Waals surface area contributed by atoms with E-state index in [1.807, 2.05) is 30.5 Å². The molecular weight excluding hydrogens is 346 g/mol. The third-order valence-corrected chi connectivity index (χ3v) is 5.11. The van der Waals surface area contributed by atoms with E-state index in [0.717, 1.165) is 33.3 Å². The summed E-state index contributed by atoms with van der Waals surface area (Å²) >= 11 is 1.62. The summed E-state index contributed by atoms with van der Waals surface area (Å²) in [6, 6.07) is 14.7. The fourth-order valence-corrected chi connectivity index (χ4v) is 3.59. The van der Waals surface area contributed by atoms with Gasteiger partial charge in [0, 0.05) is 34.1 Å². The monoisotopic (exact) mass is 363 g/mol. The number of hydrogen-bond acceptors (Lipinski definition) is 4. The molecule has 0 bridgehead atoms. The van der Waals surface area contributed by atoms with Crippen molar-refractivity contribution < 1.29 is 9.53 Å². The topological polar surface area (TPSA) is 55.6 Å². The Morgan fingerprint density at radius 2 is 2.00 bits per heavy atom. The molecule has 4 aromatic rings. The number of methoxy groups -OCH3 is 1. The van der Waals surface area contributed by atoms with Crippen molar-refractivity contribution in [1.29, 1.82) is 0 Å². The highest BCUT2D eigenvalue weighted by Crippen LogP contribution is 2.25. The largest absolute Gasteiger partial charge is 0.497 e. The number of aryl methyl sites for hydroxylation is 1. The quantitative estimate of drug-likeness (QED) is 0.575. The average molecular weight is 363 g/mol. The maximum absolute atomic E-state index is 12.4. The summed E-state index contributed by atoms with van der Waals surface area (Å²) in [7, 11) is 1.60. The molecule has 0 fully saturated rings. The molecule has 2 aromatic heterocycles. The van der Waals surface area contributed by atoms with Crippen molar-refractivity contribution in [1.82, 2.24) is 9.38 Å². The van der Waals surface area contributed by atoms with Crippen LogP contribution in [0.4, 0.5) is 5.69 Å². The van der Waals surface area contributed by atoms with Gasteiger partial charge in [-0.3, -0.25) is 9.20 Å². The van der Waals surface area contributed by atoms with Gasteiger partial charge in [-0.1, -0.05) is 12.1 Å². The molecular formula is C20H17N3O2S. The summed E-state index contributed by atoms with van der Waals surface area (Å²) in [5.41, 5.74) is 4.33. The predicted octanol–water partition coefficient (Wildman–Crippen LogP) is 4.63. The molecule has 26 heavy (non-hydrogen) atoms. The zero-order valence-corrected chi connectivity index (χ0v) is 15.2. The van der Waals surface area contributed by atoms with E-state index in [1.54, 1.807) is 42.7 Å². The number of rotatable bonds is 4. The van der Waals surface area contributed by atoms with Crippen LogP contribution in [0.3, 0.4) is 0 Å². The van der Waals surface area contributed by atoms with Crippen molar-refractivity contribution in [2.45, 2.75) is 6.92 Å². The van der Waals surface area contributed by atoms with Gasteiger partial charge in [0.15, 0.2) is 4.96 Å². The summed E-state index contributed by atoms with van der Waals surface area (Å²) in [5, 5.41) is 5.01. The Morgan fingerprint density at radius 1 is 1.19 bits per heavy atom. The molecule has 5 nitrogen and oxygen atoms in total. The van der Waals surface area contributed by atoms with Crippen LogP contribution in [0.15, 0.2) is 60.1 Å². The average Bonchev–Trinajstić information content (AvgIpc) is 3.24. The lowest BCUT2D eigenvalue weighted by Crippen LogP contribution is -2.11. The fraction of sp³-hybridized carbons (Fsp3) is 0.100. The van der Waals surface area contributed by atoms with E-state index in [1.165, 1.54) is 0 Å². The van der Waals surface area contributed by atoms with Crippen molar-refractivity contribution in [3.63, 3.8) is 0 Å². The molecule has 0 radical (unpaired) electrons. The first-order chi connectivity index (χ1) is 12.6. The Hall–Kier alpha value is -3.12. The minimum Gasteiger partial charge on any atom is -0.497 e. The summed E-state index contributed by atoms with van der Waals surface area (Å²) in [5.74, 6) is 0.560. The molecule has 0 aliphatic heterocycles. The summed E-state index contributed by atoms with van der Waals surface area (Å²) in [6.45, 7) is 2.06. The van der Waals surface area contributed by atoms with Crippen LogP contribution in [0.25, 0.3) is 16.2 Å². The number of anilines is 1. The number of fused-ring (bicyclic) bond motifs is 1. The lowest BCUT2D eigenvalue weighted by atomic mass is 10.1. The number of nitrogens with one attached hydrogen (secondary N) is 1. The zero-order valence-electron chi connectivity index (χ0n) is 14.4. The van der Waals surface area contributed by atoms with Crippen LogP contribution in [0.5, 0.6) is 5.75 Å². The van der Waals surface area contributed by atoms with Crippen LogP contribution < -0.4 is 10.1 Å². The Kier molecular flexibility index (Phi) is 4.18. The maximum atomic E-state index is 12.4. The minimum atomic E-state index is -0.161. The molecule has 1 N–H and O–H groups in total. The van der Waals surface area contributed by atoms with Crippen LogP contribution in [0, 0.1) is 6.92 Å². The summed E-state index contributed by atoms with van der Waals surface area (Å²) in [6.07, 6.45) is 2.02. The Balaban J connectivity index is 1.57. The van der Waals surface area contributed by atoms with Gasteiger partial charge in [0.05, 0.1) is 12.8 Å². The van der Waals surface area contributed by atoms with Gasteiger partial charge in [0.25, 0.3) is 5.91 Å². The van der Waals surface area contributed by atoms with Gasteiger partial charge in [-0.2, -0.15) is 0 Å². The first-order valence-corrected chi connectivity index (χ1v) is 9.01. The fourth-order valence-electron chi connectivity index (χ4n) is 2.73. The number of carbonyl (C=O) groups is 1. The lowest BCUT2D eigenvalue weighted by Gasteiger charge is -2.07. The van der Waals surface area contributed by atoms with Crippen LogP contribution in [0.2, 0.25) is 0 Å². The van der Waals surface area contributed by atoms with Crippen LogP contribution in [-0.4, -0.2) is 22.4 Å². The summed E-state index contributed by atoms with van der Waals surface area (Å²) in [4.78, 5) is 18.1. The number of hydrogen-bond donors (Lipinski definition) is 1. The number of carbonyl (C=O) groups excluding carboxylic acids is 1. The highest BCUT2D eigenvalue weighted by Gasteiger charge is 2.10. The second-order valence-corrected chi connectivity index (χ2v) is 6.76. The SMILES string of the molecule is COc1ccc(C(=O)Nc2cccc(-c3cn4c(C)csc4n3)c2)cc1. The van der Waals surface area contributed by atoms with Gasteiger partial charge in [0.1, 0.15) is 5.75 Å². The van der Waals surface area contributed by atoms with Crippen molar-refractivity contribution in [3.8, 4) is 17.0 Å². The molecule has 2 aromatic carbocycles. The number of amides is 1. The second kappa shape index (κ2) is 6.65. The maximum Gasteiger partial charge on any atom is 0.255 e. The highest BCUT2D eigenvalue weighted by atomic mass is 32.1. The molecule has 0 saturated heterocycles. The minimum absolute atomic E-state index is 0.161. The van der Waals surface area contributed by atoms with E-state index in [4.69, 9.17) is 4.74 Å². The van der Waals surface area contributed by atoms with Crippen molar-refractivity contribution >= 4 is 27.9 Å².